The van der Waals surface area contributed by atoms with Gasteiger partial charge in [0.25, 0.3) is 0 Å². The average Bonchev–Trinajstić information content (AvgIpc) is 3.17. The van der Waals surface area contributed by atoms with E-state index >= 15 is 0 Å². The Hall–Kier alpha value is -2.12. The van der Waals surface area contributed by atoms with Crippen molar-refractivity contribution in [3.63, 3.8) is 0 Å². The van der Waals surface area contributed by atoms with Gasteiger partial charge >= 0.3 is 6.18 Å². The van der Waals surface area contributed by atoms with Crippen LogP contribution in [0, 0.1) is 0 Å². The first kappa shape index (κ1) is 20.6. The van der Waals surface area contributed by atoms with Gasteiger partial charge in [-0.25, -0.2) is 0 Å². The number of hydrogen-bond acceptors (Lipinski definition) is 4. The molecule has 3 aromatic rings. The molecule has 0 saturated carbocycles. The second-order valence-electron chi connectivity index (χ2n) is 6.72. The molecule has 150 valence electrons. The number of fused-ring (bicyclic) bond motifs is 1. The van der Waals surface area contributed by atoms with Gasteiger partial charge in [-0.1, -0.05) is 19.1 Å². The predicted molar refractivity (Wildman–Crippen MR) is 110 cm³/mol. The number of nitrogens with zero attached hydrogens (tertiary/aromatic N) is 2. The van der Waals surface area contributed by atoms with Crippen molar-refractivity contribution >= 4 is 27.9 Å². The Balaban J connectivity index is 1.58. The lowest BCUT2D eigenvalue weighted by Crippen LogP contribution is -2.26. The van der Waals surface area contributed by atoms with Crippen LogP contribution in [-0.2, 0) is 12.7 Å². The molecule has 28 heavy (non-hydrogen) atoms. The molecule has 2 heterocycles. The summed E-state index contributed by atoms with van der Waals surface area (Å²) in [5.41, 5.74) is 0.498. The Morgan fingerprint density at radius 2 is 2.00 bits per heavy atom. The van der Waals surface area contributed by atoms with Gasteiger partial charge in [-0.05, 0) is 49.0 Å². The molecule has 0 fully saturated rings. The summed E-state index contributed by atoms with van der Waals surface area (Å²) >= 11 is 1.77. The van der Waals surface area contributed by atoms with Crippen LogP contribution < -0.4 is 5.32 Å². The average molecular weight is 408 g/mol. The van der Waals surface area contributed by atoms with E-state index in [0.717, 1.165) is 56.8 Å². The minimum Gasteiger partial charge on any atom is -0.384 e. The molecule has 0 aliphatic carbocycles. The predicted octanol–water partition coefficient (Wildman–Crippen LogP) is 6.03. The highest BCUT2D eigenvalue weighted by atomic mass is 32.1. The normalized spacial score (nSPS) is 12.0. The van der Waals surface area contributed by atoms with E-state index in [1.165, 1.54) is 10.9 Å². The molecule has 3 nitrogen and oxygen atoms in total. The molecule has 3 rings (SSSR count). The molecule has 7 heteroatoms. The maximum Gasteiger partial charge on any atom is 0.416 e. The van der Waals surface area contributed by atoms with E-state index in [1.54, 1.807) is 17.5 Å². The molecule has 0 saturated heterocycles. The summed E-state index contributed by atoms with van der Waals surface area (Å²) in [6, 6.07) is 9.75. The van der Waals surface area contributed by atoms with Gasteiger partial charge in [0.05, 0.1) is 11.1 Å². The number of benzene rings is 1. The second-order valence-corrected chi connectivity index (χ2v) is 7.76. The van der Waals surface area contributed by atoms with E-state index in [9.17, 15) is 13.2 Å². The first-order valence-electron chi connectivity index (χ1n) is 9.42. The molecule has 0 unspecified atom stereocenters. The Bertz CT molecular complexity index is 878. The van der Waals surface area contributed by atoms with Gasteiger partial charge < -0.3 is 5.32 Å². The van der Waals surface area contributed by atoms with E-state index in [1.807, 2.05) is 6.07 Å². The van der Waals surface area contributed by atoms with Crippen molar-refractivity contribution in [2.75, 3.05) is 25.0 Å². The number of thiophene rings is 1. The Labute approximate surface area is 167 Å². The Morgan fingerprint density at radius 1 is 1.14 bits per heavy atom. The lowest BCUT2D eigenvalue weighted by Gasteiger charge is -2.21. The third-order valence-electron chi connectivity index (χ3n) is 4.54. The molecular weight excluding hydrogens is 383 g/mol. The van der Waals surface area contributed by atoms with Crippen molar-refractivity contribution < 1.29 is 13.2 Å². The van der Waals surface area contributed by atoms with Crippen molar-refractivity contribution in [1.29, 1.82) is 0 Å². The van der Waals surface area contributed by atoms with Gasteiger partial charge in [0, 0.05) is 41.8 Å². The summed E-state index contributed by atoms with van der Waals surface area (Å²) in [5.74, 6) is 0. The number of nitrogens with one attached hydrogen (secondary N) is 1. The zero-order valence-electron chi connectivity index (χ0n) is 15.8. The molecule has 2 aromatic heterocycles. The highest BCUT2D eigenvalue weighted by molar-refractivity contribution is 7.09. The van der Waals surface area contributed by atoms with Crippen LogP contribution in [0.15, 0.2) is 48.0 Å². The number of aromatic nitrogens is 1. The molecule has 1 N–H and O–H groups in total. The number of rotatable bonds is 9. The lowest BCUT2D eigenvalue weighted by atomic mass is 10.1. The maximum absolute atomic E-state index is 12.9. The zero-order chi connectivity index (χ0) is 20.0. The monoisotopic (exact) mass is 407 g/mol. The van der Waals surface area contributed by atoms with Crippen molar-refractivity contribution in [2.24, 2.45) is 0 Å². The summed E-state index contributed by atoms with van der Waals surface area (Å²) < 4.78 is 38.7. The van der Waals surface area contributed by atoms with Crippen LogP contribution in [0.25, 0.3) is 10.9 Å². The quantitative estimate of drug-likeness (QED) is 0.439. The molecule has 0 amide bonds. The number of alkyl halides is 3. The first-order chi connectivity index (χ1) is 13.5. The minimum atomic E-state index is -4.36. The van der Waals surface area contributed by atoms with Gasteiger partial charge in [-0.15, -0.1) is 11.3 Å². The fourth-order valence-electron chi connectivity index (χ4n) is 3.21. The Kier molecular flexibility index (Phi) is 6.91. The minimum absolute atomic E-state index is 0.352. The fourth-order valence-corrected chi connectivity index (χ4v) is 3.96. The van der Waals surface area contributed by atoms with Crippen molar-refractivity contribution in [2.45, 2.75) is 32.5 Å². The number of halogens is 3. The van der Waals surface area contributed by atoms with Gasteiger partial charge in [0.1, 0.15) is 0 Å². The lowest BCUT2D eigenvalue weighted by molar-refractivity contribution is -0.137. The summed E-state index contributed by atoms with van der Waals surface area (Å²) in [5, 5.41) is 6.16. The molecule has 0 aliphatic heterocycles. The van der Waals surface area contributed by atoms with Gasteiger partial charge in [-0.2, -0.15) is 13.2 Å². The third kappa shape index (κ3) is 5.45. The van der Waals surface area contributed by atoms with E-state index in [0.29, 0.717) is 10.9 Å². The summed E-state index contributed by atoms with van der Waals surface area (Å²) in [7, 11) is 0. The van der Waals surface area contributed by atoms with E-state index in [-0.39, 0.29) is 0 Å². The highest BCUT2D eigenvalue weighted by Crippen LogP contribution is 2.32. The molecule has 0 aliphatic rings. The van der Waals surface area contributed by atoms with Crippen molar-refractivity contribution in [3.8, 4) is 0 Å². The van der Waals surface area contributed by atoms with Crippen LogP contribution >= 0.6 is 11.3 Å². The third-order valence-corrected chi connectivity index (χ3v) is 5.40. The molecule has 1 aromatic carbocycles. The zero-order valence-corrected chi connectivity index (χ0v) is 16.6. The molecule has 0 atom stereocenters. The molecule has 0 spiro atoms. The summed E-state index contributed by atoms with van der Waals surface area (Å²) in [6.07, 6.45) is -0.749. The summed E-state index contributed by atoms with van der Waals surface area (Å²) in [6.45, 7) is 5.92. The highest BCUT2D eigenvalue weighted by Gasteiger charge is 2.30. The van der Waals surface area contributed by atoms with Crippen molar-refractivity contribution in [1.82, 2.24) is 9.88 Å². The summed E-state index contributed by atoms with van der Waals surface area (Å²) in [4.78, 5) is 7.89. The van der Waals surface area contributed by atoms with Gasteiger partial charge in [0.2, 0.25) is 0 Å². The van der Waals surface area contributed by atoms with Crippen LogP contribution in [0.5, 0.6) is 0 Å². The first-order valence-corrected chi connectivity index (χ1v) is 10.3. The van der Waals surface area contributed by atoms with E-state index in [4.69, 9.17) is 0 Å². The molecule has 0 radical (unpaired) electrons. The number of anilines is 1. The maximum atomic E-state index is 12.9. The molecule has 0 bridgehead atoms. The van der Waals surface area contributed by atoms with Gasteiger partial charge in [0.15, 0.2) is 0 Å². The van der Waals surface area contributed by atoms with Crippen LogP contribution in [-0.4, -0.2) is 29.5 Å². The largest absolute Gasteiger partial charge is 0.416 e. The smallest absolute Gasteiger partial charge is 0.384 e. The Morgan fingerprint density at radius 3 is 2.71 bits per heavy atom. The second kappa shape index (κ2) is 9.39. The topological polar surface area (TPSA) is 28.2 Å². The standard InChI is InChI=1S/C21H24F3N3S/c1-2-11-27(15-17-5-3-13-28-17)12-4-9-25-19-8-10-26-20-14-16(21(22,23)24)6-7-18(19)20/h3,5-8,10,13-14H,2,4,9,11-12,15H2,1H3,(H,25,26). The van der Waals surface area contributed by atoms with Crippen LogP contribution in [0.4, 0.5) is 18.9 Å². The number of hydrogen-bond donors (Lipinski definition) is 1. The van der Waals surface area contributed by atoms with E-state index in [2.05, 4.69) is 39.6 Å². The van der Waals surface area contributed by atoms with Crippen molar-refractivity contribution in [3.05, 3.63) is 58.4 Å². The fraction of sp³-hybridized carbons (Fsp3) is 0.381. The number of pyridine rings is 1. The van der Waals surface area contributed by atoms with Crippen LogP contribution in [0.3, 0.4) is 0 Å². The molecular formula is C21H24F3N3S. The van der Waals surface area contributed by atoms with Gasteiger partial charge in [-0.3, -0.25) is 9.88 Å². The van der Waals surface area contributed by atoms with E-state index < -0.39 is 11.7 Å². The van der Waals surface area contributed by atoms with Crippen LogP contribution in [0.1, 0.15) is 30.2 Å². The SMILES string of the molecule is CCCN(CCCNc1ccnc2cc(C(F)(F)F)ccc12)Cc1cccs1. The van der Waals surface area contributed by atoms with Crippen LogP contribution in [0.2, 0.25) is 0 Å².